The first-order chi connectivity index (χ1) is 34.5. The first kappa shape index (κ1) is 33.0. The van der Waals surface area contributed by atoms with E-state index >= 15 is 0 Å². The van der Waals surface area contributed by atoms with E-state index in [1.54, 1.807) is 24.4 Å². The summed E-state index contributed by atoms with van der Waals surface area (Å²) in [4.78, 5) is 10.3. The molecule has 1 N–H and O–H groups in total. The number of aryl methyl sites for hydroxylation is 1. The summed E-state index contributed by atoms with van der Waals surface area (Å²) in [6, 6.07) is 41.7. The van der Waals surface area contributed by atoms with Crippen LogP contribution in [0.4, 0.5) is 0 Å². The van der Waals surface area contributed by atoms with Crippen molar-refractivity contribution in [1.29, 1.82) is 0 Å². The fourth-order valence-electron chi connectivity index (χ4n) is 8.06. The van der Waals surface area contributed by atoms with Crippen molar-refractivity contribution >= 4 is 11.0 Å². The van der Waals surface area contributed by atoms with Gasteiger partial charge in [0.05, 0.1) is 16.6 Å². The summed E-state index contributed by atoms with van der Waals surface area (Å²) in [5.74, 6) is 0.480. The van der Waals surface area contributed by atoms with E-state index in [2.05, 4.69) is 80.5 Å². The normalized spacial score (nSPS) is 16.0. The van der Waals surface area contributed by atoms with E-state index in [1.165, 1.54) is 24.3 Å². The second-order valence-corrected chi connectivity index (χ2v) is 19.7. The van der Waals surface area contributed by atoms with Gasteiger partial charge >= 0.3 is 0 Å². The second-order valence-electron chi connectivity index (χ2n) is 19.7. The van der Waals surface area contributed by atoms with Gasteiger partial charge in [-0.1, -0.05) is 179 Å². The number of pyridine rings is 1. The van der Waals surface area contributed by atoms with Crippen molar-refractivity contribution in [2.75, 3.05) is 0 Å². The summed E-state index contributed by atoms with van der Waals surface area (Å²) in [6.07, 6.45) is 1.63. The van der Waals surface area contributed by atoms with Gasteiger partial charge in [0.25, 0.3) is 0 Å². The van der Waals surface area contributed by atoms with Crippen molar-refractivity contribution in [1.82, 2.24) is 14.5 Å². The first-order valence-corrected chi connectivity index (χ1v) is 21.3. The number of hydrogen-bond donors (Lipinski definition) is 1. The molecule has 0 bridgehead atoms. The monoisotopic (exact) mass is 1040 g/mol. The molecule has 330 valence electrons. The number of hydrogen-bond acceptors (Lipinski definition) is 3. The zero-order valence-electron chi connectivity index (χ0n) is 49.8. The molecular formula is C59H62N3OPt-. The molecule has 2 aromatic heterocycles. The number of rotatable bonds is 6. The van der Waals surface area contributed by atoms with E-state index in [9.17, 15) is 5.11 Å². The molecule has 64 heavy (non-hydrogen) atoms. The zero-order valence-corrected chi connectivity index (χ0v) is 40.1. The Morgan fingerprint density at radius 2 is 1.23 bits per heavy atom. The van der Waals surface area contributed by atoms with Gasteiger partial charge in [0.1, 0.15) is 11.6 Å². The Hall–Kier alpha value is -5.57. The van der Waals surface area contributed by atoms with E-state index in [1.807, 2.05) is 77.4 Å². The quantitative estimate of drug-likeness (QED) is 0.169. The third-order valence-electron chi connectivity index (χ3n) is 11.7. The van der Waals surface area contributed by atoms with E-state index in [0.29, 0.717) is 67.2 Å². The molecule has 0 atom stereocenters. The largest absolute Gasteiger partial charge is 0.507 e. The average Bonchev–Trinajstić information content (AvgIpc) is 3.69. The molecule has 0 aliphatic carbocycles. The van der Waals surface area contributed by atoms with Crippen molar-refractivity contribution in [3.8, 4) is 67.5 Å². The van der Waals surface area contributed by atoms with E-state index in [0.717, 1.165) is 22.3 Å². The smallest absolute Gasteiger partial charge is 0.148 e. The summed E-state index contributed by atoms with van der Waals surface area (Å²) < 4.78 is 102. The van der Waals surface area contributed by atoms with Gasteiger partial charge in [-0.25, -0.2) is 4.98 Å². The molecule has 4 nitrogen and oxygen atoms in total. The van der Waals surface area contributed by atoms with Crippen LogP contribution in [0.2, 0.25) is 0 Å². The summed E-state index contributed by atoms with van der Waals surface area (Å²) in [5, 5.41) is 12.5. The number of phenolic OH excluding ortho intramolecular Hbond substituents is 1. The van der Waals surface area contributed by atoms with E-state index < -0.39 is 38.2 Å². The minimum Gasteiger partial charge on any atom is -0.507 e. The SMILES string of the molecule is [2H]C([2H])([2H])c1cc(-c2ccccc2)cc(-n2c(-c3cc(C(C)(C)C)cc(C(C)(C)C)c3O)nc3c(-c4[c-]c(-c5cc(-c6ccc(C(C([2H])([2H])[2H])(C([2H])([2H])[2H])C([2H])([2H])[2H])cc6)ccn5)cc(C(C)(C)C)c4)cccc32)c1.[Pt]. The number of aromatic hydroxyl groups is 1. The number of phenols is 1. The molecule has 8 aromatic rings. The zero-order chi connectivity index (χ0) is 55.2. The number of imidazole rings is 1. The number of para-hydroxylation sites is 1. The van der Waals surface area contributed by atoms with Crippen molar-refractivity contribution in [2.45, 2.75) is 111 Å². The molecule has 2 heterocycles. The topological polar surface area (TPSA) is 50.9 Å². The first-order valence-electron chi connectivity index (χ1n) is 27.3. The predicted octanol–water partition coefficient (Wildman–Crippen LogP) is 15.8. The molecule has 0 amide bonds. The fourth-order valence-corrected chi connectivity index (χ4v) is 8.06. The summed E-state index contributed by atoms with van der Waals surface area (Å²) in [7, 11) is 0. The summed E-state index contributed by atoms with van der Waals surface area (Å²) in [6.45, 7) is 6.20. The molecule has 0 saturated heterocycles. The van der Waals surface area contributed by atoms with Gasteiger partial charge in [0.2, 0.25) is 0 Å². The molecule has 5 heteroatoms. The van der Waals surface area contributed by atoms with Crippen LogP contribution in [0.5, 0.6) is 5.75 Å². The molecule has 0 saturated carbocycles. The minimum atomic E-state index is -3.39. The molecule has 6 aromatic carbocycles. The average molecular weight is 1040 g/mol. The van der Waals surface area contributed by atoms with Gasteiger partial charge in [0, 0.05) is 60.7 Å². The standard InChI is InChI=1S/C59H62N3O.Pt/c1-37-28-41(38-18-15-14-16-19-38)33-47(29-37)62-52-21-17-20-48(53(52)61-55(62)49-35-46(58(8,9)10)36-50(54(49)63)59(11,12)13)42-30-43(32-45(31-42)57(5,6)7)51-34-40(26-27-60-51)39-22-24-44(25-23-39)56(2,3)4;/h14-29,31-36,63H,1-13H3;/q-1;/i1D3,2D3,3D3,4D3;. The van der Waals surface area contributed by atoms with Gasteiger partial charge in [-0.15, -0.1) is 29.3 Å². The minimum absolute atomic E-state index is 0. The third kappa shape index (κ3) is 9.31. The maximum Gasteiger partial charge on any atom is 0.148 e. The van der Waals surface area contributed by atoms with Crippen molar-refractivity contribution < 1.29 is 42.6 Å². The molecule has 8 rings (SSSR count). The number of benzene rings is 6. The number of fused-ring (bicyclic) bond motifs is 1. The molecule has 0 unspecified atom stereocenters. The van der Waals surface area contributed by atoms with Gasteiger partial charge < -0.3 is 5.11 Å². The Kier molecular flexibility index (Phi) is 8.81. The van der Waals surface area contributed by atoms with Crippen molar-refractivity contribution in [3.05, 3.63) is 167 Å². The molecule has 0 radical (unpaired) electrons. The molecular weight excluding hydrogens is 962 g/mol. The third-order valence-corrected chi connectivity index (χ3v) is 11.7. The Labute approximate surface area is 413 Å². The molecule has 0 aliphatic rings. The fraction of sp³-hybridized carbons (Fsp3) is 0.288. The molecule has 0 spiro atoms. The van der Waals surface area contributed by atoms with Crippen LogP contribution in [0, 0.1) is 12.9 Å². The van der Waals surface area contributed by atoms with Crippen LogP contribution in [-0.4, -0.2) is 19.6 Å². The Morgan fingerprint density at radius 1 is 0.562 bits per heavy atom. The summed E-state index contributed by atoms with van der Waals surface area (Å²) in [5.41, 5.74) is 5.75. The van der Waals surface area contributed by atoms with E-state index in [4.69, 9.17) is 26.4 Å². The maximum absolute atomic E-state index is 12.5. The van der Waals surface area contributed by atoms with Gasteiger partial charge in [0.15, 0.2) is 0 Å². The van der Waals surface area contributed by atoms with Crippen LogP contribution >= 0.6 is 0 Å². The van der Waals surface area contributed by atoms with Crippen LogP contribution in [0.25, 0.3) is 72.7 Å². The number of nitrogens with zero attached hydrogens (tertiary/aromatic N) is 3. The van der Waals surface area contributed by atoms with Crippen LogP contribution in [0.1, 0.15) is 127 Å². The number of aromatic nitrogens is 3. The Bertz CT molecular complexity index is 3410. The van der Waals surface area contributed by atoms with Crippen molar-refractivity contribution in [2.24, 2.45) is 0 Å². The predicted molar refractivity (Wildman–Crippen MR) is 266 cm³/mol. The van der Waals surface area contributed by atoms with Crippen LogP contribution in [0.15, 0.2) is 134 Å². The van der Waals surface area contributed by atoms with Gasteiger partial charge in [-0.2, -0.15) is 0 Å². The Morgan fingerprint density at radius 3 is 1.89 bits per heavy atom. The van der Waals surface area contributed by atoms with Crippen LogP contribution in [0.3, 0.4) is 0 Å². The van der Waals surface area contributed by atoms with Crippen molar-refractivity contribution in [3.63, 3.8) is 0 Å². The second kappa shape index (κ2) is 17.1. The maximum atomic E-state index is 12.5. The molecule has 0 aliphatic heterocycles. The van der Waals surface area contributed by atoms with Gasteiger partial charge in [-0.05, 0) is 97.8 Å². The van der Waals surface area contributed by atoms with Crippen LogP contribution < -0.4 is 0 Å². The summed E-state index contributed by atoms with van der Waals surface area (Å²) >= 11 is 0. The Balaban J connectivity index is 0.00000840. The van der Waals surface area contributed by atoms with Crippen LogP contribution in [-0.2, 0) is 42.7 Å². The molecule has 0 fully saturated rings. The van der Waals surface area contributed by atoms with Gasteiger partial charge in [-0.3, -0.25) is 9.55 Å². The van der Waals surface area contributed by atoms with E-state index in [-0.39, 0.29) is 48.8 Å².